The number of nitrogens with one attached hydrogen (secondary N) is 1. The zero-order valence-corrected chi connectivity index (χ0v) is 10.9. The first-order valence-electron chi connectivity index (χ1n) is 6.60. The third kappa shape index (κ3) is 3.21. The number of nitrogens with two attached hydrogens (primary N) is 1. The van der Waals surface area contributed by atoms with Gasteiger partial charge in [-0.15, -0.1) is 0 Å². The highest BCUT2D eigenvalue weighted by molar-refractivity contribution is 5.95. The van der Waals surface area contributed by atoms with E-state index in [1.54, 1.807) is 18.3 Å². The number of likely N-dealkylation sites (tertiary alicyclic amines) is 1. The second-order valence-electron chi connectivity index (χ2n) is 4.73. The molecule has 1 unspecified atom stereocenters. The van der Waals surface area contributed by atoms with Crippen molar-refractivity contribution < 1.29 is 9.90 Å². The van der Waals surface area contributed by atoms with Gasteiger partial charge in [-0.25, -0.2) is 10.8 Å². The van der Waals surface area contributed by atoms with Gasteiger partial charge in [0.1, 0.15) is 5.82 Å². The van der Waals surface area contributed by atoms with Gasteiger partial charge in [-0.1, -0.05) is 0 Å². The number of carbonyl (C=O) groups is 1. The lowest BCUT2D eigenvalue weighted by atomic mass is 9.98. The van der Waals surface area contributed by atoms with Gasteiger partial charge >= 0.3 is 0 Å². The summed E-state index contributed by atoms with van der Waals surface area (Å²) >= 11 is 0. The number of hydrazine groups is 1. The number of aliphatic hydroxyl groups is 1. The van der Waals surface area contributed by atoms with Gasteiger partial charge in [-0.05, 0) is 37.8 Å². The van der Waals surface area contributed by atoms with Crippen molar-refractivity contribution in [2.75, 3.05) is 18.6 Å². The average molecular weight is 264 g/mol. The van der Waals surface area contributed by atoms with Crippen molar-refractivity contribution in [2.45, 2.75) is 31.7 Å². The number of nitrogen functional groups attached to an aromatic ring is 1. The second kappa shape index (κ2) is 6.49. The monoisotopic (exact) mass is 264 g/mol. The molecule has 1 saturated heterocycles. The van der Waals surface area contributed by atoms with E-state index in [9.17, 15) is 4.79 Å². The third-order valence-corrected chi connectivity index (χ3v) is 3.51. The minimum Gasteiger partial charge on any atom is -0.396 e. The minimum atomic E-state index is -0.0166. The number of carbonyl (C=O) groups excluding carboxylic acids is 1. The lowest BCUT2D eigenvalue weighted by Gasteiger charge is -2.35. The Morgan fingerprint density at radius 1 is 1.58 bits per heavy atom. The molecule has 2 heterocycles. The van der Waals surface area contributed by atoms with Gasteiger partial charge in [0.2, 0.25) is 0 Å². The molecule has 1 aromatic rings. The molecule has 1 aliphatic rings. The van der Waals surface area contributed by atoms with Crippen LogP contribution in [0.4, 0.5) is 5.82 Å². The Morgan fingerprint density at radius 2 is 2.42 bits per heavy atom. The Bertz CT molecular complexity index is 436. The molecule has 6 heteroatoms. The summed E-state index contributed by atoms with van der Waals surface area (Å²) in [6, 6.07) is 3.47. The predicted octanol–water partition coefficient (Wildman–Crippen LogP) is 0.744. The van der Waals surface area contributed by atoms with Crippen LogP contribution in [0.15, 0.2) is 18.3 Å². The molecule has 1 atom stereocenters. The fraction of sp³-hybridized carbons (Fsp3) is 0.538. The molecule has 1 amide bonds. The fourth-order valence-corrected chi connectivity index (χ4v) is 2.53. The van der Waals surface area contributed by atoms with E-state index >= 15 is 0 Å². The molecule has 1 aromatic heterocycles. The first kappa shape index (κ1) is 13.8. The fourth-order valence-electron chi connectivity index (χ4n) is 2.53. The van der Waals surface area contributed by atoms with Gasteiger partial charge in [0, 0.05) is 31.0 Å². The molecule has 1 fully saturated rings. The molecule has 0 radical (unpaired) electrons. The maximum Gasteiger partial charge on any atom is 0.254 e. The summed E-state index contributed by atoms with van der Waals surface area (Å²) < 4.78 is 0. The summed E-state index contributed by atoms with van der Waals surface area (Å²) in [5.74, 6) is 5.76. The van der Waals surface area contributed by atoms with Crippen LogP contribution in [0.1, 0.15) is 36.0 Å². The molecule has 19 heavy (non-hydrogen) atoms. The van der Waals surface area contributed by atoms with E-state index in [4.69, 9.17) is 10.9 Å². The van der Waals surface area contributed by atoms with Crippen LogP contribution in [-0.2, 0) is 0 Å². The highest BCUT2D eigenvalue weighted by atomic mass is 16.3. The van der Waals surface area contributed by atoms with Gasteiger partial charge in [-0.3, -0.25) is 4.79 Å². The number of nitrogens with zero attached hydrogens (tertiary/aromatic N) is 2. The largest absolute Gasteiger partial charge is 0.396 e. The van der Waals surface area contributed by atoms with E-state index in [2.05, 4.69) is 10.4 Å². The van der Waals surface area contributed by atoms with Crippen molar-refractivity contribution >= 4 is 11.7 Å². The number of rotatable bonds is 4. The van der Waals surface area contributed by atoms with Crippen LogP contribution in [-0.4, -0.2) is 40.1 Å². The molecule has 0 aromatic carbocycles. The summed E-state index contributed by atoms with van der Waals surface area (Å²) in [5.41, 5.74) is 3.02. The lowest BCUT2D eigenvalue weighted by molar-refractivity contribution is 0.0574. The Morgan fingerprint density at radius 3 is 3.16 bits per heavy atom. The van der Waals surface area contributed by atoms with E-state index < -0.39 is 0 Å². The molecular formula is C13H20N4O2. The first-order chi connectivity index (χ1) is 9.26. The van der Waals surface area contributed by atoms with Crippen LogP contribution in [0.5, 0.6) is 0 Å². The molecule has 0 spiro atoms. The summed E-state index contributed by atoms with van der Waals surface area (Å²) in [6.07, 6.45) is 5.28. The van der Waals surface area contributed by atoms with E-state index in [0.717, 1.165) is 25.8 Å². The standard InChI is InChI=1S/C13H20N4O2/c14-16-12-9-10(4-6-15-12)13(19)17-7-2-1-3-11(17)5-8-18/h4,6,9,11,18H,1-3,5,7-8,14H2,(H,15,16). The average Bonchev–Trinajstić information content (AvgIpc) is 2.47. The predicted molar refractivity (Wildman–Crippen MR) is 72.4 cm³/mol. The SMILES string of the molecule is NNc1cc(C(=O)N2CCCCC2CCO)ccn1. The summed E-state index contributed by atoms with van der Waals surface area (Å²) in [7, 11) is 0. The Hall–Kier alpha value is -1.66. The van der Waals surface area contributed by atoms with Crippen molar-refractivity contribution in [1.29, 1.82) is 0 Å². The smallest absolute Gasteiger partial charge is 0.254 e. The summed E-state index contributed by atoms with van der Waals surface area (Å²) in [5, 5.41) is 9.10. The summed E-state index contributed by atoms with van der Waals surface area (Å²) in [6.45, 7) is 0.859. The van der Waals surface area contributed by atoms with Crippen molar-refractivity contribution in [3.05, 3.63) is 23.9 Å². The summed E-state index contributed by atoms with van der Waals surface area (Å²) in [4.78, 5) is 18.4. The van der Waals surface area contributed by atoms with Crippen LogP contribution < -0.4 is 11.3 Å². The molecule has 0 aliphatic carbocycles. The third-order valence-electron chi connectivity index (χ3n) is 3.51. The number of aliphatic hydroxyl groups excluding tert-OH is 1. The van der Waals surface area contributed by atoms with Crippen molar-refractivity contribution in [1.82, 2.24) is 9.88 Å². The Labute approximate surface area is 112 Å². The first-order valence-corrected chi connectivity index (χ1v) is 6.60. The van der Waals surface area contributed by atoms with Gasteiger partial charge in [0.25, 0.3) is 5.91 Å². The van der Waals surface area contributed by atoms with Crippen LogP contribution in [0, 0.1) is 0 Å². The quantitative estimate of drug-likeness (QED) is 0.551. The number of anilines is 1. The van der Waals surface area contributed by atoms with Crippen LogP contribution in [0.2, 0.25) is 0 Å². The van der Waals surface area contributed by atoms with E-state index in [1.165, 1.54) is 0 Å². The minimum absolute atomic E-state index is 0.0166. The van der Waals surface area contributed by atoms with Crippen molar-refractivity contribution in [3.8, 4) is 0 Å². The van der Waals surface area contributed by atoms with Crippen molar-refractivity contribution in [3.63, 3.8) is 0 Å². The number of hydrogen-bond acceptors (Lipinski definition) is 5. The van der Waals surface area contributed by atoms with E-state index in [-0.39, 0.29) is 18.6 Å². The van der Waals surface area contributed by atoms with E-state index in [1.807, 2.05) is 4.90 Å². The van der Waals surface area contributed by atoms with Crippen LogP contribution in [0.3, 0.4) is 0 Å². The number of hydrogen-bond donors (Lipinski definition) is 3. The van der Waals surface area contributed by atoms with Gasteiger partial charge < -0.3 is 15.4 Å². The van der Waals surface area contributed by atoms with Gasteiger partial charge in [-0.2, -0.15) is 0 Å². The zero-order valence-electron chi connectivity index (χ0n) is 10.9. The number of amides is 1. The Kier molecular flexibility index (Phi) is 4.70. The van der Waals surface area contributed by atoms with Crippen molar-refractivity contribution in [2.24, 2.45) is 5.84 Å². The number of aromatic nitrogens is 1. The number of pyridine rings is 1. The van der Waals surface area contributed by atoms with Gasteiger partial charge in [0.05, 0.1) is 0 Å². The molecular weight excluding hydrogens is 244 g/mol. The molecule has 0 bridgehead atoms. The molecule has 1 aliphatic heterocycles. The van der Waals surface area contributed by atoms with Crippen LogP contribution >= 0.6 is 0 Å². The molecule has 0 saturated carbocycles. The van der Waals surface area contributed by atoms with Gasteiger partial charge in [0.15, 0.2) is 0 Å². The normalized spacial score (nSPS) is 19.3. The maximum absolute atomic E-state index is 12.5. The highest BCUT2D eigenvalue weighted by Crippen LogP contribution is 2.22. The second-order valence-corrected chi connectivity index (χ2v) is 4.73. The van der Waals surface area contributed by atoms with E-state index in [0.29, 0.717) is 17.8 Å². The highest BCUT2D eigenvalue weighted by Gasteiger charge is 2.27. The molecule has 6 nitrogen and oxygen atoms in total. The zero-order chi connectivity index (χ0) is 13.7. The lowest BCUT2D eigenvalue weighted by Crippen LogP contribution is -2.44. The van der Waals surface area contributed by atoms with Crippen LogP contribution in [0.25, 0.3) is 0 Å². The Balaban J connectivity index is 2.16. The molecule has 4 N–H and O–H groups in total. The topological polar surface area (TPSA) is 91.5 Å². The molecule has 104 valence electrons. The molecule has 2 rings (SSSR count). The number of piperidine rings is 1. The maximum atomic E-state index is 12.5.